The number of nitrogen functional groups attached to an aromatic ring is 1. The van der Waals surface area contributed by atoms with Gasteiger partial charge in [-0.2, -0.15) is 4.68 Å². The molecule has 2 N–H and O–H groups in total. The number of aromatic nitrogens is 5. The lowest BCUT2D eigenvalue weighted by Gasteiger charge is -2.28. The Morgan fingerprint density at radius 1 is 1.26 bits per heavy atom. The second-order valence-corrected chi connectivity index (χ2v) is 7.56. The molecule has 0 unspecified atom stereocenters. The minimum atomic E-state index is -1.07. The Morgan fingerprint density at radius 3 is 2.77 bits per heavy atom. The van der Waals surface area contributed by atoms with Gasteiger partial charge in [0, 0.05) is 25.2 Å². The van der Waals surface area contributed by atoms with E-state index in [4.69, 9.17) is 5.73 Å². The number of carbonyl (C=O) groups excluding carboxylic acids is 1. The van der Waals surface area contributed by atoms with Crippen molar-refractivity contribution in [3.05, 3.63) is 53.7 Å². The van der Waals surface area contributed by atoms with Gasteiger partial charge in [-0.1, -0.05) is 26.0 Å². The summed E-state index contributed by atoms with van der Waals surface area (Å²) in [6, 6.07) is 5.53. The Balaban J connectivity index is 1.69. The van der Waals surface area contributed by atoms with Crippen molar-refractivity contribution in [2.24, 2.45) is 5.92 Å². The van der Waals surface area contributed by atoms with E-state index in [-0.39, 0.29) is 29.2 Å². The number of rotatable bonds is 4. The third-order valence-electron chi connectivity index (χ3n) is 5.17. The average Bonchev–Trinajstić information content (AvgIpc) is 3.25. The number of halogens is 2. The van der Waals surface area contributed by atoms with Crippen LogP contribution in [0.25, 0.3) is 22.6 Å². The van der Waals surface area contributed by atoms with E-state index in [1.165, 1.54) is 12.1 Å². The molecule has 0 atom stereocenters. The van der Waals surface area contributed by atoms with E-state index >= 15 is 0 Å². The molecular weight excluding hydrogens is 404 g/mol. The van der Waals surface area contributed by atoms with Crippen molar-refractivity contribution in [1.29, 1.82) is 0 Å². The molecule has 8 nitrogen and oxygen atoms in total. The Labute approximate surface area is 177 Å². The van der Waals surface area contributed by atoms with Crippen LogP contribution in [0.15, 0.2) is 36.5 Å². The molecule has 0 saturated heterocycles. The largest absolute Gasteiger partial charge is 0.383 e. The summed E-state index contributed by atoms with van der Waals surface area (Å²) in [6.07, 6.45) is 4.28. The fourth-order valence-corrected chi connectivity index (χ4v) is 3.50. The van der Waals surface area contributed by atoms with E-state index in [2.05, 4.69) is 20.5 Å². The van der Waals surface area contributed by atoms with Crippen LogP contribution in [0.2, 0.25) is 0 Å². The van der Waals surface area contributed by atoms with Crippen LogP contribution in [0.1, 0.15) is 25.8 Å². The highest BCUT2D eigenvalue weighted by atomic mass is 19.2. The number of anilines is 1. The zero-order valence-electron chi connectivity index (χ0n) is 17.1. The number of hydrogen-bond donors (Lipinski definition) is 1. The molecule has 1 amide bonds. The topological polar surface area (TPSA) is 103 Å². The van der Waals surface area contributed by atoms with Crippen LogP contribution in [0.5, 0.6) is 0 Å². The molecule has 0 spiro atoms. The van der Waals surface area contributed by atoms with Gasteiger partial charge in [-0.15, -0.1) is 5.10 Å². The summed E-state index contributed by atoms with van der Waals surface area (Å²) < 4.78 is 29.1. The molecule has 10 heteroatoms. The Hall–Kier alpha value is -3.69. The predicted octanol–water partition coefficient (Wildman–Crippen LogP) is 2.86. The number of pyridine rings is 1. The van der Waals surface area contributed by atoms with Crippen molar-refractivity contribution < 1.29 is 13.6 Å². The van der Waals surface area contributed by atoms with Gasteiger partial charge in [0.2, 0.25) is 5.91 Å². The van der Waals surface area contributed by atoms with Crippen LogP contribution in [0, 0.1) is 17.6 Å². The number of tetrazole rings is 1. The molecule has 1 aliphatic rings. The molecule has 4 rings (SSSR count). The molecule has 0 aliphatic carbocycles. The summed E-state index contributed by atoms with van der Waals surface area (Å²) in [6.45, 7) is 4.87. The summed E-state index contributed by atoms with van der Waals surface area (Å²) in [5.74, 6) is -1.71. The average molecular weight is 425 g/mol. The Kier molecular flexibility index (Phi) is 5.45. The van der Waals surface area contributed by atoms with Gasteiger partial charge in [-0.05, 0) is 46.2 Å². The second kappa shape index (κ2) is 8.21. The minimum Gasteiger partial charge on any atom is -0.383 e. The van der Waals surface area contributed by atoms with E-state index in [1.54, 1.807) is 12.3 Å². The molecule has 31 heavy (non-hydrogen) atoms. The highest BCUT2D eigenvalue weighted by molar-refractivity contribution is 5.81. The van der Waals surface area contributed by atoms with Crippen LogP contribution in [-0.2, 0) is 4.79 Å². The molecule has 1 aliphatic heterocycles. The lowest BCUT2D eigenvalue weighted by molar-refractivity contribution is -0.134. The summed E-state index contributed by atoms with van der Waals surface area (Å²) in [5, 5.41) is 11.4. The summed E-state index contributed by atoms with van der Waals surface area (Å²) in [7, 11) is 0. The molecule has 3 aromatic rings. The third-order valence-corrected chi connectivity index (χ3v) is 5.17. The first-order valence-electron chi connectivity index (χ1n) is 9.83. The van der Waals surface area contributed by atoms with E-state index in [1.807, 2.05) is 24.8 Å². The number of benzene rings is 1. The SMILES string of the molecule is CC(C)C(=O)N1CC=C(c2cnc(N)c(-c3nnnn3-c3cccc(F)c3F)c2)CC1. The van der Waals surface area contributed by atoms with Crippen LogP contribution in [-0.4, -0.2) is 49.1 Å². The van der Waals surface area contributed by atoms with Crippen LogP contribution < -0.4 is 5.73 Å². The first-order chi connectivity index (χ1) is 14.9. The maximum absolute atomic E-state index is 14.3. The van der Waals surface area contributed by atoms with E-state index in [0.717, 1.165) is 21.9 Å². The van der Waals surface area contributed by atoms with Gasteiger partial charge in [0.25, 0.3) is 0 Å². The monoisotopic (exact) mass is 425 g/mol. The molecule has 0 bridgehead atoms. The third kappa shape index (κ3) is 3.88. The summed E-state index contributed by atoms with van der Waals surface area (Å²) in [5.41, 5.74) is 8.13. The van der Waals surface area contributed by atoms with Gasteiger partial charge in [0.05, 0.1) is 5.56 Å². The zero-order chi connectivity index (χ0) is 22.1. The Morgan fingerprint density at radius 2 is 2.06 bits per heavy atom. The quantitative estimate of drug-likeness (QED) is 0.690. The highest BCUT2D eigenvalue weighted by Crippen LogP contribution is 2.30. The minimum absolute atomic E-state index is 0.0539. The number of nitrogens with two attached hydrogens (primary N) is 1. The molecule has 0 fully saturated rings. The fourth-order valence-electron chi connectivity index (χ4n) is 3.50. The maximum Gasteiger partial charge on any atom is 0.225 e. The molecule has 0 radical (unpaired) electrons. The van der Waals surface area contributed by atoms with Crippen molar-refractivity contribution in [3.63, 3.8) is 0 Å². The number of hydrogen-bond acceptors (Lipinski definition) is 6. The predicted molar refractivity (Wildman–Crippen MR) is 111 cm³/mol. The van der Waals surface area contributed by atoms with Gasteiger partial charge in [0.15, 0.2) is 17.5 Å². The molecular formula is C21H21F2N7O. The van der Waals surface area contributed by atoms with Crippen molar-refractivity contribution in [2.75, 3.05) is 18.8 Å². The van der Waals surface area contributed by atoms with Crippen molar-refractivity contribution in [2.45, 2.75) is 20.3 Å². The summed E-state index contributed by atoms with van der Waals surface area (Å²) in [4.78, 5) is 18.3. The first kappa shape index (κ1) is 20.6. The van der Waals surface area contributed by atoms with Crippen LogP contribution >= 0.6 is 0 Å². The maximum atomic E-state index is 14.3. The molecule has 2 aromatic heterocycles. The van der Waals surface area contributed by atoms with E-state index in [0.29, 0.717) is 25.1 Å². The van der Waals surface area contributed by atoms with Gasteiger partial charge in [-0.3, -0.25) is 4.79 Å². The van der Waals surface area contributed by atoms with E-state index in [9.17, 15) is 13.6 Å². The zero-order valence-corrected chi connectivity index (χ0v) is 17.1. The molecule has 160 valence electrons. The molecule has 0 saturated carbocycles. The number of amides is 1. The summed E-state index contributed by atoms with van der Waals surface area (Å²) >= 11 is 0. The molecule has 3 heterocycles. The van der Waals surface area contributed by atoms with Gasteiger partial charge >= 0.3 is 0 Å². The first-order valence-corrected chi connectivity index (χ1v) is 9.83. The van der Waals surface area contributed by atoms with Gasteiger partial charge < -0.3 is 10.6 Å². The second-order valence-electron chi connectivity index (χ2n) is 7.56. The molecule has 1 aromatic carbocycles. The number of carbonyl (C=O) groups is 1. The van der Waals surface area contributed by atoms with Crippen molar-refractivity contribution in [1.82, 2.24) is 30.1 Å². The van der Waals surface area contributed by atoms with E-state index < -0.39 is 11.6 Å². The van der Waals surface area contributed by atoms with Crippen molar-refractivity contribution >= 4 is 17.3 Å². The smallest absolute Gasteiger partial charge is 0.225 e. The van der Waals surface area contributed by atoms with Crippen LogP contribution in [0.4, 0.5) is 14.6 Å². The van der Waals surface area contributed by atoms with Crippen molar-refractivity contribution in [3.8, 4) is 17.1 Å². The van der Waals surface area contributed by atoms with Gasteiger partial charge in [-0.25, -0.2) is 13.8 Å². The lowest BCUT2D eigenvalue weighted by atomic mass is 9.98. The number of nitrogens with zero attached hydrogens (tertiary/aromatic N) is 6. The highest BCUT2D eigenvalue weighted by Gasteiger charge is 2.22. The fraction of sp³-hybridized carbons (Fsp3) is 0.286. The van der Waals surface area contributed by atoms with Crippen LogP contribution in [0.3, 0.4) is 0 Å². The standard InChI is InChI=1S/C21H21F2N7O/c1-12(2)21(31)29-8-6-13(7-9-29)14-10-15(19(24)25-11-14)20-26-27-28-30(20)17-5-3-4-16(22)18(17)23/h3-6,10-12H,7-9H2,1-2H3,(H2,24,25). The normalized spacial score (nSPS) is 14.1. The van der Waals surface area contributed by atoms with Gasteiger partial charge in [0.1, 0.15) is 11.5 Å². The Bertz CT molecular complexity index is 1170. The lowest BCUT2D eigenvalue weighted by Crippen LogP contribution is -2.37.